The van der Waals surface area contributed by atoms with Crippen molar-refractivity contribution in [3.8, 4) is 0 Å². The van der Waals surface area contributed by atoms with Gasteiger partial charge >= 0.3 is 5.69 Å². The summed E-state index contributed by atoms with van der Waals surface area (Å²) in [7, 11) is 0. The van der Waals surface area contributed by atoms with Crippen LogP contribution in [0.3, 0.4) is 0 Å². The Kier molecular flexibility index (Phi) is 2.97. The van der Waals surface area contributed by atoms with Gasteiger partial charge in [0.25, 0.3) is 0 Å². The molecule has 2 heterocycles. The van der Waals surface area contributed by atoms with Gasteiger partial charge in [-0.3, -0.25) is 10.1 Å². The predicted octanol–water partition coefficient (Wildman–Crippen LogP) is 1.57. The van der Waals surface area contributed by atoms with Crippen LogP contribution in [0.5, 0.6) is 0 Å². The number of aromatic nitrogens is 3. The average molecular weight is 255 g/mol. The maximum Gasteiger partial charge on any atom is 0.311 e. The minimum Gasteiger partial charge on any atom is -0.378 e. The van der Waals surface area contributed by atoms with Gasteiger partial charge in [0.15, 0.2) is 4.34 Å². The van der Waals surface area contributed by atoms with Gasteiger partial charge in [0.1, 0.15) is 11.4 Å². The highest BCUT2D eigenvalue weighted by molar-refractivity contribution is 8.00. The van der Waals surface area contributed by atoms with Crippen LogP contribution in [-0.2, 0) is 0 Å². The molecule has 2 aromatic heterocycles. The fourth-order valence-corrected chi connectivity index (χ4v) is 2.33. The lowest BCUT2D eigenvalue weighted by molar-refractivity contribution is -0.384. The summed E-state index contributed by atoms with van der Waals surface area (Å²) in [6.45, 7) is 0. The van der Waals surface area contributed by atoms with Crippen LogP contribution < -0.4 is 5.73 Å². The number of pyridine rings is 1. The highest BCUT2D eigenvalue weighted by Crippen LogP contribution is 2.29. The molecule has 0 aliphatic carbocycles. The first-order chi connectivity index (χ1) is 7.66. The third-order valence-corrected chi connectivity index (χ3v) is 3.26. The number of anilines is 1. The monoisotopic (exact) mass is 255 g/mol. The molecular weight excluding hydrogens is 250 g/mol. The van der Waals surface area contributed by atoms with E-state index in [2.05, 4.69) is 14.3 Å². The van der Waals surface area contributed by atoms with Crippen LogP contribution in [0.15, 0.2) is 27.8 Å². The van der Waals surface area contributed by atoms with Crippen molar-refractivity contribution in [2.45, 2.75) is 9.37 Å². The van der Waals surface area contributed by atoms with Gasteiger partial charge in [-0.2, -0.15) is 4.37 Å². The molecule has 2 rings (SSSR count). The third-order valence-electron chi connectivity index (χ3n) is 1.61. The van der Waals surface area contributed by atoms with Crippen LogP contribution in [0.2, 0.25) is 0 Å². The number of nitrogens with two attached hydrogens (primary N) is 1. The Morgan fingerprint density at radius 3 is 2.88 bits per heavy atom. The van der Waals surface area contributed by atoms with Gasteiger partial charge in [0, 0.05) is 6.07 Å². The van der Waals surface area contributed by atoms with Crippen molar-refractivity contribution >= 4 is 34.8 Å². The molecule has 0 radical (unpaired) electrons. The Bertz CT molecular complexity index is 516. The first-order valence-corrected chi connectivity index (χ1v) is 5.61. The zero-order chi connectivity index (χ0) is 11.5. The lowest BCUT2D eigenvalue weighted by atomic mass is 10.4. The van der Waals surface area contributed by atoms with Crippen molar-refractivity contribution in [1.29, 1.82) is 0 Å². The minimum atomic E-state index is -0.568. The average Bonchev–Trinajstić information content (AvgIpc) is 2.70. The van der Waals surface area contributed by atoms with Gasteiger partial charge < -0.3 is 5.73 Å². The SMILES string of the molecule is Nc1nc(Sc2ncns2)ccc1[N+](=O)[O-]. The molecule has 0 fully saturated rings. The van der Waals surface area contributed by atoms with E-state index in [1.807, 2.05) is 0 Å². The highest BCUT2D eigenvalue weighted by Gasteiger charge is 2.13. The Balaban J connectivity index is 2.24. The van der Waals surface area contributed by atoms with Crippen LogP contribution in [0.1, 0.15) is 0 Å². The lowest BCUT2D eigenvalue weighted by Gasteiger charge is -1.99. The molecule has 0 spiro atoms. The van der Waals surface area contributed by atoms with Gasteiger partial charge in [0.2, 0.25) is 5.82 Å². The molecule has 0 aliphatic rings. The van der Waals surface area contributed by atoms with E-state index in [0.29, 0.717) is 9.37 Å². The van der Waals surface area contributed by atoms with E-state index in [4.69, 9.17) is 5.73 Å². The molecule has 0 aliphatic heterocycles. The maximum atomic E-state index is 10.5. The minimum absolute atomic E-state index is 0.0977. The van der Waals surface area contributed by atoms with Crippen molar-refractivity contribution < 1.29 is 4.92 Å². The van der Waals surface area contributed by atoms with E-state index in [9.17, 15) is 10.1 Å². The Labute approximate surface area is 98.0 Å². The van der Waals surface area contributed by atoms with Crippen LogP contribution >= 0.6 is 23.3 Å². The third kappa shape index (κ3) is 2.25. The van der Waals surface area contributed by atoms with E-state index in [-0.39, 0.29) is 11.5 Å². The maximum absolute atomic E-state index is 10.5. The number of nitro groups is 1. The number of hydrogen-bond donors (Lipinski definition) is 1. The fraction of sp³-hybridized carbons (Fsp3) is 0. The fourth-order valence-electron chi connectivity index (χ4n) is 0.957. The van der Waals surface area contributed by atoms with E-state index in [1.165, 1.54) is 41.8 Å². The zero-order valence-electron chi connectivity index (χ0n) is 7.73. The number of rotatable bonds is 3. The van der Waals surface area contributed by atoms with Crippen molar-refractivity contribution in [2.75, 3.05) is 5.73 Å². The van der Waals surface area contributed by atoms with Crippen LogP contribution in [0.4, 0.5) is 11.5 Å². The summed E-state index contributed by atoms with van der Waals surface area (Å²) in [5, 5.41) is 11.1. The van der Waals surface area contributed by atoms with Crippen LogP contribution in [0, 0.1) is 10.1 Å². The second kappa shape index (κ2) is 4.41. The van der Waals surface area contributed by atoms with Gasteiger partial charge in [-0.25, -0.2) is 9.97 Å². The van der Waals surface area contributed by atoms with E-state index >= 15 is 0 Å². The molecule has 0 atom stereocenters. The molecule has 0 bridgehead atoms. The van der Waals surface area contributed by atoms with Crippen molar-refractivity contribution in [3.63, 3.8) is 0 Å². The summed E-state index contributed by atoms with van der Waals surface area (Å²) in [6, 6.07) is 2.85. The molecule has 0 aromatic carbocycles. The molecule has 82 valence electrons. The Morgan fingerprint density at radius 2 is 2.31 bits per heavy atom. The topological polar surface area (TPSA) is 108 Å². The summed E-state index contributed by atoms with van der Waals surface area (Å²) >= 11 is 2.48. The largest absolute Gasteiger partial charge is 0.378 e. The second-order valence-corrected chi connectivity index (χ2v) is 4.67. The molecule has 16 heavy (non-hydrogen) atoms. The molecule has 9 heteroatoms. The summed E-state index contributed by atoms with van der Waals surface area (Å²) in [4.78, 5) is 17.8. The first kappa shape index (κ1) is 10.8. The van der Waals surface area contributed by atoms with Crippen LogP contribution in [-0.4, -0.2) is 19.3 Å². The molecule has 0 saturated heterocycles. The first-order valence-electron chi connectivity index (χ1n) is 4.02. The van der Waals surface area contributed by atoms with Crippen molar-refractivity contribution in [2.24, 2.45) is 0 Å². The quantitative estimate of drug-likeness (QED) is 0.655. The summed E-state index contributed by atoms with van der Waals surface area (Å²) < 4.78 is 4.54. The van der Waals surface area contributed by atoms with Crippen LogP contribution in [0.25, 0.3) is 0 Å². The summed E-state index contributed by atoms with van der Waals surface area (Å²) in [5.41, 5.74) is 5.26. The number of hydrogen-bond acceptors (Lipinski definition) is 8. The predicted molar refractivity (Wildman–Crippen MR) is 59.3 cm³/mol. The normalized spacial score (nSPS) is 10.2. The molecular formula is C7H5N5O2S2. The molecule has 2 N–H and O–H groups in total. The number of nitrogens with zero attached hydrogens (tertiary/aromatic N) is 4. The smallest absolute Gasteiger partial charge is 0.311 e. The van der Waals surface area contributed by atoms with Crippen molar-refractivity contribution in [1.82, 2.24) is 14.3 Å². The number of nitrogen functional groups attached to an aromatic ring is 1. The summed E-state index contributed by atoms with van der Waals surface area (Å²) in [6.07, 6.45) is 1.43. The second-order valence-electron chi connectivity index (χ2n) is 2.62. The summed E-state index contributed by atoms with van der Waals surface area (Å²) in [5.74, 6) is -0.0977. The Morgan fingerprint density at radius 1 is 1.50 bits per heavy atom. The molecule has 0 unspecified atom stereocenters. The molecule has 2 aromatic rings. The zero-order valence-corrected chi connectivity index (χ0v) is 9.36. The van der Waals surface area contributed by atoms with Gasteiger partial charge in [-0.05, 0) is 29.4 Å². The van der Waals surface area contributed by atoms with Crippen molar-refractivity contribution in [3.05, 3.63) is 28.6 Å². The highest BCUT2D eigenvalue weighted by atomic mass is 32.2. The van der Waals surface area contributed by atoms with E-state index in [0.717, 1.165) is 0 Å². The van der Waals surface area contributed by atoms with Gasteiger partial charge in [0.05, 0.1) is 4.92 Å². The molecule has 0 amide bonds. The standard InChI is InChI=1S/C7H5N5O2S2/c8-6-4(12(13)14)1-2-5(11-6)15-7-9-3-10-16-7/h1-3H,(H2,8,11). The Hall–Kier alpha value is -1.74. The molecule has 7 nitrogen and oxygen atoms in total. The van der Waals surface area contributed by atoms with E-state index in [1.54, 1.807) is 0 Å². The van der Waals surface area contributed by atoms with Gasteiger partial charge in [-0.15, -0.1) is 0 Å². The molecule has 0 saturated carbocycles. The van der Waals surface area contributed by atoms with E-state index < -0.39 is 4.92 Å². The van der Waals surface area contributed by atoms with Gasteiger partial charge in [-0.1, -0.05) is 0 Å². The lowest BCUT2D eigenvalue weighted by Crippen LogP contribution is -1.98.